The molecular formula is C16H17NO4S. The molecule has 1 fully saturated rings. The summed E-state index contributed by atoms with van der Waals surface area (Å²) >= 11 is 1.39. The summed E-state index contributed by atoms with van der Waals surface area (Å²) in [5, 5.41) is 11.6. The van der Waals surface area contributed by atoms with Crippen molar-refractivity contribution in [3.8, 4) is 5.75 Å². The number of thiazole rings is 1. The number of carboxylic acids is 1. The number of carbonyl (C=O) groups is 1. The molecule has 0 saturated carbocycles. The van der Waals surface area contributed by atoms with E-state index in [-0.39, 0.29) is 11.1 Å². The molecule has 0 spiro atoms. The quantitative estimate of drug-likeness (QED) is 0.938. The Morgan fingerprint density at radius 1 is 1.36 bits per heavy atom. The largest absolute Gasteiger partial charge is 0.496 e. The fourth-order valence-electron chi connectivity index (χ4n) is 2.95. The molecule has 0 atom stereocenters. The van der Waals surface area contributed by atoms with Gasteiger partial charge in [0.1, 0.15) is 10.8 Å². The molecule has 1 aromatic carbocycles. The summed E-state index contributed by atoms with van der Waals surface area (Å²) in [6, 6.07) is 7.87. The smallest absolute Gasteiger partial charge is 0.355 e. The number of para-hydroxylation sites is 1. The zero-order valence-electron chi connectivity index (χ0n) is 12.2. The van der Waals surface area contributed by atoms with Crippen LogP contribution in [0, 0.1) is 0 Å². The highest BCUT2D eigenvalue weighted by Gasteiger charge is 2.41. The number of ether oxygens (including phenoxy) is 2. The molecule has 1 aromatic heterocycles. The van der Waals surface area contributed by atoms with Gasteiger partial charge in [-0.2, -0.15) is 0 Å². The van der Waals surface area contributed by atoms with Crippen LogP contribution >= 0.6 is 11.3 Å². The van der Waals surface area contributed by atoms with Crippen molar-refractivity contribution >= 4 is 17.3 Å². The van der Waals surface area contributed by atoms with Crippen LogP contribution in [0.5, 0.6) is 5.75 Å². The maximum Gasteiger partial charge on any atom is 0.355 e. The molecule has 3 rings (SSSR count). The number of carboxylic acid groups (broad SMARTS) is 1. The lowest BCUT2D eigenvalue weighted by Gasteiger charge is -2.36. The molecule has 5 nitrogen and oxygen atoms in total. The van der Waals surface area contributed by atoms with Crippen LogP contribution in [-0.2, 0) is 10.2 Å². The molecule has 0 amide bonds. The second-order valence-electron chi connectivity index (χ2n) is 5.24. The van der Waals surface area contributed by atoms with Crippen LogP contribution in [0.25, 0.3) is 0 Å². The molecule has 2 heterocycles. The maximum atomic E-state index is 11.2. The fourth-order valence-corrected chi connectivity index (χ4v) is 4.02. The molecule has 2 aromatic rings. The lowest BCUT2D eigenvalue weighted by molar-refractivity contribution is 0.0619. The first-order valence-corrected chi connectivity index (χ1v) is 7.96. The Morgan fingerprint density at radius 2 is 2.09 bits per heavy atom. The van der Waals surface area contributed by atoms with Gasteiger partial charge in [0.15, 0.2) is 5.69 Å². The Balaban J connectivity index is 2.13. The van der Waals surface area contributed by atoms with E-state index in [9.17, 15) is 4.79 Å². The molecule has 22 heavy (non-hydrogen) atoms. The first kappa shape index (κ1) is 15.0. The van der Waals surface area contributed by atoms with E-state index >= 15 is 0 Å². The molecule has 0 unspecified atom stereocenters. The third-order valence-corrected chi connectivity index (χ3v) is 5.15. The van der Waals surface area contributed by atoms with Crippen LogP contribution in [0.4, 0.5) is 0 Å². The first-order chi connectivity index (χ1) is 10.7. The fraction of sp³-hybridized carbons (Fsp3) is 0.375. The monoisotopic (exact) mass is 319 g/mol. The SMILES string of the molecule is COc1ccccc1C1(c2nc(C(=O)O)cs2)CCOCC1. The number of benzene rings is 1. The summed E-state index contributed by atoms with van der Waals surface area (Å²) in [5.74, 6) is -0.193. The zero-order chi connectivity index (χ0) is 15.6. The second-order valence-corrected chi connectivity index (χ2v) is 6.10. The van der Waals surface area contributed by atoms with E-state index in [1.807, 2.05) is 24.3 Å². The number of nitrogens with zero attached hydrogens (tertiary/aromatic N) is 1. The summed E-state index contributed by atoms with van der Waals surface area (Å²) in [4.78, 5) is 15.5. The number of hydrogen-bond donors (Lipinski definition) is 1. The Morgan fingerprint density at radius 3 is 2.73 bits per heavy atom. The van der Waals surface area contributed by atoms with Crippen molar-refractivity contribution in [2.45, 2.75) is 18.3 Å². The minimum Gasteiger partial charge on any atom is -0.496 e. The number of aromatic nitrogens is 1. The normalized spacial score (nSPS) is 17.1. The van der Waals surface area contributed by atoms with Crippen LogP contribution in [0.2, 0.25) is 0 Å². The van der Waals surface area contributed by atoms with Gasteiger partial charge in [0, 0.05) is 24.2 Å². The van der Waals surface area contributed by atoms with Crippen molar-refractivity contribution in [1.82, 2.24) is 4.98 Å². The van der Waals surface area contributed by atoms with Crippen LogP contribution in [-0.4, -0.2) is 36.4 Å². The van der Waals surface area contributed by atoms with Gasteiger partial charge in [-0.3, -0.25) is 0 Å². The van der Waals surface area contributed by atoms with Crippen LogP contribution in [0.1, 0.15) is 33.9 Å². The van der Waals surface area contributed by atoms with Gasteiger partial charge in [-0.05, 0) is 18.9 Å². The lowest BCUT2D eigenvalue weighted by atomic mass is 9.74. The molecule has 0 radical (unpaired) electrons. The van der Waals surface area contributed by atoms with Gasteiger partial charge in [-0.1, -0.05) is 18.2 Å². The molecule has 1 N–H and O–H groups in total. The molecular weight excluding hydrogens is 302 g/mol. The minimum absolute atomic E-state index is 0.0979. The van der Waals surface area contributed by atoms with Crippen molar-refractivity contribution in [2.24, 2.45) is 0 Å². The van der Waals surface area contributed by atoms with Crippen molar-refractivity contribution in [2.75, 3.05) is 20.3 Å². The van der Waals surface area contributed by atoms with E-state index in [4.69, 9.17) is 14.6 Å². The highest BCUT2D eigenvalue weighted by atomic mass is 32.1. The second kappa shape index (κ2) is 6.06. The average Bonchev–Trinajstić information content (AvgIpc) is 3.06. The number of aromatic carboxylic acids is 1. The van der Waals surface area contributed by atoms with Gasteiger partial charge in [0.05, 0.1) is 12.5 Å². The molecule has 116 valence electrons. The third kappa shape index (κ3) is 2.48. The van der Waals surface area contributed by atoms with E-state index in [0.29, 0.717) is 13.2 Å². The van der Waals surface area contributed by atoms with Crippen molar-refractivity contribution in [1.29, 1.82) is 0 Å². The third-order valence-electron chi connectivity index (χ3n) is 4.10. The number of rotatable bonds is 4. The average molecular weight is 319 g/mol. The van der Waals surface area contributed by atoms with Gasteiger partial charge >= 0.3 is 5.97 Å². The molecule has 0 bridgehead atoms. The number of methoxy groups -OCH3 is 1. The summed E-state index contributed by atoms with van der Waals surface area (Å²) < 4.78 is 11.0. The van der Waals surface area contributed by atoms with E-state index in [2.05, 4.69) is 4.98 Å². The Kier molecular flexibility index (Phi) is 4.13. The van der Waals surface area contributed by atoms with E-state index in [1.54, 1.807) is 12.5 Å². The van der Waals surface area contributed by atoms with E-state index < -0.39 is 5.97 Å². The van der Waals surface area contributed by atoms with Crippen molar-refractivity contribution in [3.63, 3.8) is 0 Å². The molecule has 1 aliphatic rings. The van der Waals surface area contributed by atoms with Gasteiger partial charge in [-0.25, -0.2) is 9.78 Å². The maximum absolute atomic E-state index is 11.2. The van der Waals surface area contributed by atoms with Crippen molar-refractivity contribution < 1.29 is 19.4 Å². The minimum atomic E-state index is -0.996. The highest BCUT2D eigenvalue weighted by molar-refractivity contribution is 7.10. The van der Waals surface area contributed by atoms with Crippen LogP contribution < -0.4 is 4.74 Å². The molecule has 1 aliphatic heterocycles. The molecule has 6 heteroatoms. The van der Waals surface area contributed by atoms with Crippen LogP contribution in [0.3, 0.4) is 0 Å². The summed E-state index contributed by atoms with van der Waals surface area (Å²) in [6.45, 7) is 1.25. The summed E-state index contributed by atoms with van der Waals surface area (Å²) in [7, 11) is 1.65. The summed E-state index contributed by atoms with van der Waals surface area (Å²) in [6.07, 6.45) is 1.53. The summed E-state index contributed by atoms with van der Waals surface area (Å²) in [5.41, 5.74) is 0.802. The van der Waals surface area contributed by atoms with Gasteiger partial charge in [-0.15, -0.1) is 11.3 Å². The number of hydrogen-bond acceptors (Lipinski definition) is 5. The van der Waals surface area contributed by atoms with Gasteiger partial charge in [0.25, 0.3) is 0 Å². The van der Waals surface area contributed by atoms with Gasteiger partial charge in [0.2, 0.25) is 0 Å². The van der Waals surface area contributed by atoms with Crippen LogP contribution in [0.15, 0.2) is 29.6 Å². The predicted molar refractivity (Wildman–Crippen MR) is 82.9 cm³/mol. The Bertz CT molecular complexity index is 676. The highest BCUT2D eigenvalue weighted by Crippen LogP contribution is 2.45. The zero-order valence-corrected chi connectivity index (χ0v) is 13.1. The van der Waals surface area contributed by atoms with Crippen molar-refractivity contribution in [3.05, 3.63) is 45.9 Å². The van der Waals surface area contributed by atoms with Gasteiger partial charge < -0.3 is 14.6 Å². The predicted octanol–water partition coefficient (Wildman–Crippen LogP) is 2.95. The first-order valence-electron chi connectivity index (χ1n) is 7.08. The lowest BCUT2D eigenvalue weighted by Crippen LogP contribution is -2.35. The molecule has 1 saturated heterocycles. The topological polar surface area (TPSA) is 68.7 Å². The van der Waals surface area contributed by atoms with E-state index in [0.717, 1.165) is 29.2 Å². The Labute approximate surface area is 132 Å². The Hall–Kier alpha value is -1.92. The van der Waals surface area contributed by atoms with E-state index in [1.165, 1.54) is 11.3 Å². The standard InChI is InChI=1S/C16H17NO4S/c1-20-13-5-3-2-4-11(13)16(6-8-21-9-7-16)15-17-12(10-22-15)14(18)19/h2-5,10H,6-9H2,1H3,(H,18,19). The molecule has 0 aliphatic carbocycles.